The molecule has 0 radical (unpaired) electrons. The van der Waals surface area contributed by atoms with E-state index in [4.69, 9.17) is 0 Å². The van der Waals surface area contributed by atoms with Gasteiger partial charge in [0.1, 0.15) is 0 Å². The molecule has 0 N–H and O–H groups in total. The smallest absolute Gasteiger partial charge is 0.258 e. The van der Waals surface area contributed by atoms with Crippen LogP contribution in [-0.2, 0) is 0 Å². The fraction of sp³-hybridized carbons (Fsp3) is 0. The molecule has 0 aliphatic heterocycles. The average molecular weight is 318 g/mol. The van der Waals surface area contributed by atoms with Crippen LogP contribution in [0.5, 0.6) is 0 Å². The normalized spacial score (nSPS) is 10.3. The standard InChI is InChI=1S/C8H4BrN3O2S2/c9-7-10-11-8(16-7)15-6-4-2-1-3-5(6)12(13)14/h1-4H. The first kappa shape index (κ1) is 11.5. The Morgan fingerprint density at radius 1 is 1.38 bits per heavy atom. The second-order valence-electron chi connectivity index (χ2n) is 2.65. The van der Waals surface area contributed by atoms with E-state index in [1.54, 1.807) is 18.2 Å². The van der Waals surface area contributed by atoms with Gasteiger partial charge in [0.15, 0.2) is 8.26 Å². The van der Waals surface area contributed by atoms with Crippen molar-refractivity contribution in [2.24, 2.45) is 0 Å². The molecule has 1 aromatic heterocycles. The summed E-state index contributed by atoms with van der Waals surface area (Å²) in [6.07, 6.45) is 0. The van der Waals surface area contributed by atoms with Gasteiger partial charge < -0.3 is 0 Å². The molecule has 0 unspecified atom stereocenters. The lowest BCUT2D eigenvalue weighted by molar-refractivity contribution is -0.387. The summed E-state index contributed by atoms with van der Waals surface area (Å²) in [6, 6.07) is 6.56. The van der Waals surface area contributed by atoms with Gasteiger partial charge in [-0.25, -0.2) is 0 Å². The van der Waals surface area contributed by atoms with E-state index in [1.807, 2.05) is 0 Å². The number of hydrogen-bond donors (Lipinski definition) is 0. The molecule has 0 saturated heterocycles. The van der Waals surface area contributed by atoms with Gasteiger partial charge in [0.2, 0.25) is 0 Å². The number of benzene rings is 1. The van der Waals surface area contributed by atoms with Crippen LogP contribution in [-0.4, -0.2) is 15.1 Å². The second kappa shape index (κ2) is 4.89. The third-order valence-electron chi connectivity index (χ3n) is 1.64. The van der Waals surface area contributed by atoms with Gasteiger partial charge in [-0.2, -0.15) is 0 Å². The van der Waals surface area contributed by atoms with E-state index in [-0.39, 0.29) is 5.69 Å². The lowest BCUT2D eigenvalue weighted by Crippen LogP contribution is -1.89. The van der Waals surface area contributed by atoms with Crippen LogP contribution in [0.15, 0.2) is 37.4 Å². The van der Waals surface area contributed by atoms with Gasteiger partial charge >= 0.3 is 0 Å². The summed E-state index contributed by atoms with van der Waals surface area (Å²) in [5.74, 6) is 0. The quantitative estimate of drug-likeness (QED) is 0.641. The molecular weight excluding hydrogens is 314 g/mol. The minimum absolute atomic E-state index is 0.0822. The van der Waals surface area contributed by atoms with Crippen LogP contribution in [0.1, 0.15) is 0 Å². The van der Waals surface area contributed by atoms with Crippen LogP contribution in [0, 0.1) is 10.1 Å². The molecule has 0 atom stereocenters. The number of nitro groups is 1. The van der Waals surface area contributed by atoms with Crippen molar-refractivity contribution in [3.8, 4) is 0 Å². The van der Waals surface area contributed by atoms with Gasteiger partial charge in [-0.05, 0) is 22.0 Å². The molecule has 2 rings (SSSR count). The maximum atomic E-state index is 10.8. The number of nitro benzene ring substituents is 1. The Hall–Kier alpha value is -0.990. The van der Waals surface area contributed by atoms with Crippen molar-refractivity contribution in [3.05, 3.63) is 38.3 Å². The Morgan fingerprint density at radius 2 is 2.12 bits per heavy atom. The molecular formula is C8H4BrN3O2S2. The van der Waals surface area contributed by atoms with Crippen molar-refractivity contribution < 1.29 is 4.92 Å². The fourth-order valence-corrected chi connectivity index (χ4v) is 3.53. The lowest BCUT2D eigenvalue weighted by Gasteiger charge is -1.98. The van der Waals surface area contributed by atoms with Crippen molar-refractivity contribution in [2.45, 2.75) is 9.24 Å². The van der Waals surface area contributed by atoms with E-state index in [0.717, 1.165) is 0 Å². The van der Waals surface area contributed by atoms with Crippen molar-refractivity contribution in [3.63, 3.8) is 0 Å². The largest absolute Gasteiger partial charge is 0.283 e. The Morgan fingerprint density at radius 3 is 2.75 bits per heavy atom. The van der Waals surface area contributed by atoms with Crippen molar-refractivity contribution >= 4 is 44.7 Å². The molecule has 0 amide bonds. The molecule has 5 nitrogen and oxygen atoms in total. The van der Waals surface area contributed by atoms with Gasteiger partial charge in [-0.1, -0.05) is 35.2 Å². The third kappa shape index (κ3) is 2.57. The summed E-state index contributed by atoms with van der Waals surface area (Å²) < 4.78 is 1.33. The van der Waals surface area contributed by atoms with Gasteiger partial charge in [0, 0.05) is 6.07 Å². The van der Waals surface area contributed by atoms with Crippen LogP contribution in [0.25, 0.3) is 0 Å². The number of nitrogens with zero attached hydrogens (tertiary/aromatic N) is 3. The summed E-state index contributed by atoms with van der Waals surface area (Å²) in [5.41, 5.74) is 0.0822. The summed E-state index contributed by atoms with van der Waals surface area (Å²) >= 11 is 5.77. The zero-order valence-electron chi connectivity index (χ0n) is 7.66. The monoisotopic (exact) mass is 317 g/mol. The Bertz CT molecular complexity index is 532. The molecule has 0 spiro atoms. The van der Waals surface area contributed by atoms with Crippen molar-refractivity contribution in [1.82, 2.24) is 10.2 Å². The van der Waals surface area contributed by atoms with Crippen LogP contribution in [0.2, 0.25) is 0 Å². The number of rotatable bonds is 3. The highest BCUT2D eigenvalue weighted by molar-refractivity contribution is 9.11. The molecule has 1 aromatic carbocycles. The van der Waals surface area contributed by atoms with E-state index in [0.29, 0.717) is 13.2 Å². The van der Waals surface area contributed by atoms with E-state index in [2.05, 4.69) is 26.1 Å². The zero-order chi connectivity index (χ0) is 11.5. The third-order valence-corrected chi connectivity index (χ3v) is 4.11. The average Bonchev–Trinajstić information content (AvgIpc) is 2.64. The molecule has 0 aliphatic rings. The van der Waals surface area contributed by atoms with Crippen LogP contribution in [0.4, 0.5) is 5.69 Å². The number of aromatic nitrogens is 2. The summed E-state index contributed by atoms with van der Waals surface area (Å²) in [6.45, 7) is 0. The van der Waals surface area contributed by atoms with E-state index in [1.165, 1.54) is 29.2 Å². The zero-order valence-corrected chi connectivity index (χ0v) is 10.9. The van der Waals surface area contributed by atoms with Crippen LogP contribution < -0.4 is 0 Å². The molecule has 2 aromatic rings. The Balaban J connectivity index is 2.31. The van der Waals surface area contributed by atoms with Crippen molar-refractivity contribution in [1.29, 1.82) is 0 Å². The fourth-order valence-electron chi connectivity index (χ4n) is 1.02. The first-order valence-electron chi connectivity index (χ1n) is 4.07. The summed E-state index contributed by atoms with van der Waals surface area (Å²) in [7, 11) is 0. The predicted octanol–water partition coefficient (Wildman–Crippen LogP) is 3.36. The molecule has 0 saturated carbocycles. The highest BCUT2D eigenvalue weighted by Gasteiger charge is 2.15. The number of hydrogen-bond acceptors (Lipinski definition) is 6. The maximum Gasteiger partial charge on any atom is 0.283 e. The highest BCUT2D eigenvalue weighted by atomic mass is 79.9. The predicted molar refractivity (Wildman–Crippen MR) is 64.8 cm³/mol. The highest BCUT2D eigenvalue weighted by Crippen LogP contribution is 2.36. The van der Waals surface area contributed by atoms with Crippen LogP contribution >= 0.6 is 39.0 Å². The number of para-hydroxylation sites is 1. The Labute approximate surface area is 107 Å². The maximum absolute atomic E-state index is 10.8. The van der Waals surface area contributed by atoms with E-state index < -0.39 is 4.92 Å². The minimum atomic E-state index is -0.404. The van der Waals surface area contributed by atoms with Crippen molar-refractivity contribution in [2.75, 3.05) is 0 Å². The first-order valence-corrected chi connectivity index (χ1v) is 6.49. The van der Waals surface area contributed by atoms with Crippen LogP contribution in [0.3, 0.4) is 0 Å². The minimum Gasteiger partial charge on any atom is -0.258 e. The van der Waals surface area contributed by atoms with Gasteiger partial charge in [0.25, 0.3) is 5.69 Å². The molecule has 82 valence electrons. The topological polar surface area (TPSA) is 68.9 Å². The first-order chi connectivity index (χ1) is 7.66. The molecule has 16 heavy (non-hydrogen) atoms. The Kier molecular flexibility index (Phi) is 3.52. The molecule has 0 bridgehead atoms. The molecule has 0 fully saturated rings. The van der Waals surface area contributed by atoms with E-state index in [9.17, 15) is 10.1 Å². The summed E-state index contributed by atoms with van der Waals surface area (Å²) in [4.78, 5) is 10.9. The number of halogens is 1. The van der Waals surface area contributed by atoms with Gasteiger partial charge in [0.05, 0.1) is 9.82 Å². The molecule has 0 aliphatic carbocycles. The van der Waals surface area contributed by atoms with Gasteiger partial charge in [-0.3, -0.25) is 10.1 Å². The summed E-state index contributed by atoms with van der Waals surface area (Å²) in [5, 5.41) is 18.4. The lowest BCUT2D eigenvalue weighted by atomic mass is 10.3. The van der Waals surface area contributed by atoms with E-state index >= 15 is 0 Å². The molecule has 8 heteroatoms. The second-order valence-corrected chi connectivity index (χ2v) is 6.19. The van der Waals surface area contributed by atoms with Gasteiger partial charge in [-0.15, -0.1) is 10.2 Å². The molecule has 1 heterocycles. The SMILES string of the molecule is O=[N+]([O-])c1ccccc1Sc1nnc(Br)s1.